The molecule has 1 aliphatic heterocycles. The van der Waals surface area contributed by atoms with Crippen LogP contribution in [0, 0.1) is 6.92 Å². The predicted octanol–water partition coefficient (Wildman–Crippen LogP) is 1.18. The third kappa shape index (κ3) is 2.09. The van der Waals surface area contributed by atoms with E-state index in [1.54, 1.807) is 6.92 Å². The topological polar surface area (TPSA) is 49.4 Å². The molecule has 1 N–H and O–H groups in total. The highest BCUT2D eigenvalue weighted by Gasteiger charge is 2.31. The van der Waals surface area contributed by atoms with Crippen molar-refractivity contribution in [3.05, 3.63) is 17.0 Å². The van der Waals surface area contributed by atoms with Gasteiger partial charge in [0.2, 0.25) is 10.0 Å². The number of anilines is 1. The first-order valence-electron chi connectivity index (χ1n) is 5.30. The van der Waals surface area contributed by atoms with E-state index in [-0.39, 0.29) is 5.25 Å². The van der Waals surface area contributed by atoms with Crippen molar-refractivity contribution in [2.24, 2.45) is 0 Å². The molecule has 0 amide bonds. The molecule has 1 aromatic heterocycles. The largest absolute Gasteiger partial charge is 0.314 e. The minimum atomic E-state index is -3.20. The van der Waals surface area contributed by atoms with Crippen LogP contribution >= 0.6 is 11.3 Å². The van der Waals surface area contributed by atoms with Crippen LogP contribution in [0.5, 0.6) is 0 Å². The molecule has 90 valence electrons. The van der Waals surface area contributed by atoms with E-state index in [9.17, 15) is 8.42 Å². The third-order valence-corrected chi connectivity index (χ3v) is 6.03. The molecule has 0 bridgehead atoms. The van der Waals surface area contributed by atoms with E-state index in [1.165, 1.54) is 15.6 Å². The minimum Gasteiger partial charge on any atom is -0.314 e. The lowest BCUT2D eigenvalue weighted by molar-refractivity contribution is 0.581. The van der Waals surface area contributed by atoms with Gasteiger partial charge in [0.25, 0.3) is 0 Å². The molecule has 0 aliphatic carbocycles. The summed E-state index contributed by atoms with van der Waals surface area (Å²) in [4.78, 5) is 1.13. The summed E-state index contributed by atoms with van der Waals surface area (Å²) in [5.41, 5.74) is 0. The van der Waals surface area contributed by atoms with Gasteiger partial charge in [-0.25, -0.2) is 8.42 Å². The normalized spacial score (nSPS) is 25.4. The summed E-state index contributed by atoms with van der Waals surface area (Å²) >= 11 is 1.53. The van der Waals surface area contributed by atoms with E-state index in [2.05, 4.69) is 5.32 Å². The number of hydrogen-bond acceptors (Lipinski definition) is 4. The highest BCUT2D eigenvalue weighted by atomic mass is 32.2. The highest BCUT2D eigenvalue weighted by Crippen LogP contribution is 2.29. The van der Waals surface area contributed by atoms with Crippen LogP contribution in [0.2, 0.25) is 0 Å². The Morgan fingerprint density at radius 2 is 2.25 bits per heavy atom. The fourth-order valence-electron chi connectivity index (χ4n) is 1.73. The predicted molar refractivity (Wildman–Crippen MR) is 67.7 cm³/mol. The smallest absolute Gasteiger partial charge is 0.239 e. The van der Waals surface area contributed by atoms with Crippen molar-refractivity contribution in [1.82, 2.24) is 5.32 Å². The second kappa shape index (κ2) is 4.35. The van der Waals surface area contributed by atoms with Gasteiger partial charge in [0.1, 0.15) is 5.00 Å². The molecule has 0 radical (unpaired) electrons. The van der Waals surface area contributed by atoms with Gasteiger partial charge in [0.15, 0.2) is 0 Å². The number of sulfonamides is 1. The molecule has 2 heterocycles. The Labute approximate surface area is 100 Å². The average Bonchev–Trinajstić information content (AvgIpc) is 2.58. The van der Waals surface area contributed by atoms with E-state index in [4.69, 9.17) is 0 Å². The minimum absolute atomic E-state index is 0.364. The van der Waals surface area contributed by atoms with Crippen molar-refractivity contribution in [3.63, 3.8) is 0 Å². The van der Waals surface area contributed by atoms with E-state index in [1.807, 2.05) is 19.1 Å². The molecule has 1 saturated heterocycles. The van der Waals surface area contributed by atoms with Crippen molar-refractivity contribution in [1.29, 1.82) is 0 Å². The van der Waals surface area contributed by atoms with Crippen molar-refractivity contribution >= 4 is 26.4 Å². The molecule has 0 saturated carbocycles. The van der Waals surface area contributed by atoms with Gasteiger partial charge in [-0.2, -0.15) is 0 Å². The van der Waals surface area contributed by atoms with Crippen LogP contribution in [0.4, 0.5) is 5.00 Å². The fraction of sp³-hybridized carbons (Fsp3) is 0.600. The van der Waals surface area contributed by atoms with Crippen LogP contribution in [0.15, 0.2) is 12.1 Å². The Kier molecular flexibility index (Phi) is 3.23. The van der Waals surface area contributed by atoms with Crippen LogP contribution < -0.4 is 9.62 Å². The fourth-order valence-corrected chi connectivity index (χ4v) is 4.37. The van der Waals surface area contributed by atoms with Crippen LogP contribution in [-0.2, 0) is 10.0 Å². The van der Waals surface area contributed by atoms with Gasteiger partial charge in [-0.15, -0.1) is 11.3 Å². The number of thiophene rings is 1. The molecule has 6 heteroatoms. The van der Waals surface area contributed by atoms with Crippen molar-refractivity contribution < 1.29 is 8.42 Å². The molecule has 1 fully saturated rings. The van der Waals surface area contributed by atoms with Gasteiger partial charge in [-0.05, 0) is 26.0 Å². The molecular weight excluding hydrogens is 244 g/mol. The Bertz CT molecular complexity index is 467. The molecule has 4 nitrogen and oxygen atoms in total. The van der Waals surface area contributed by atoms with E-state index < -0.39 is 10.0 Å². The Morgan fingerprint density at radius 3 is 2.88 bits per heavy atom. The molecular formula is C10H16N2O2S2. The molecule has 2 rings (SSSR count). The van der Waals surface area contributed by atoms with Crippen molar-refractivity contribution in [3.8, 4) is 0 Å². The summed E-state index contributed by atoms with van der Waals surface area (Å²) in [5.74, 6) is 0. The molecule has 1 aliphatic rings. The zero-order valence-corrected chi connectivity index (χ0v) is 11.1. The monoisotopic (exact) mass is 260 g/mol. The number of rotatable bonds is 1. The van der Waals surface area contributed by atoms with Gasteiger partial charge in [-0.3, -0.25) is 4.31 Å². The molecule has 1 unspecified atom stereocenters. The number of hydrogen-bond donors (Lipinski definition) is 1. The Hall–Kier alpha value is -0.590. The Balaban J connectivity index is 2.38. The number of nitrogens with one attached hydrogen (secondary N) is 1. The Morgan fingerprint density at radius 1 is 1.50 bits per heavy atom. The number of aryl methyl sites for hydroxylation is 1. The maximum Gasteiger partial charge on any atom is 0.239 e. The van der Waals surface area contributed by atoms with Gasteiger partial charge < -0.3 is 5.32 Å². The van der Waals surface area contributed by atoms with Gasteiger partial charge in [0.05, 0.1) is 5.25 Å². The maximum absolute atomic E-state index is 12.2. The van der Waals surface area contributed by atoms with E-state index >= 15 is 0 Å². The van der Waals surface area contributed by atoms with Crippen LogP contribution in [0.25, 0.3) is 0 Å². The first-order chi connectivity index (χ1) is 7.51. The average molecular weight is 260 g/mol. The van der Waals surface area contributed by atoms with Gasteiger partial charge in [-0.1, -0.05) is 0 Å². The quantitative estimate of drug-likeness (QED) is 0.825. The van der Waals surface area contributed by atoms with Crippen LogP contribution in [-0.4, -0.2) is 33.3 Å². The van der Waals surface area contributed by atoms with E-state index in [0.29, 0.717) is 19.6 Å². The summed E-state index contributed by atoms with van der Waals surface area (Å²) in [6.07, 6.45) is 0. The van der Waals surface area contributed by atoms with Crippen molar-refractivity contribution in [2.45, 2.75) is 19.1 Å². The highest BCUT2D eigenvalue weighted by molar-refractivity contribution is 7.93. The number of nitrogens with zero attached hydrogens (tertiary/aromatic N) is 1. The second-order valence-electron chi connectivity index (χ2n) is 4.02. The standard InChI is InChI=1S/C10H16N2O2S2/c1-8-3-4-10(15-8)12-6-5-11-7-9(2)16(12,13)14/h3-4,9,11H,5-7H2,1-2H3. The zero-order valence-electron chi connectivity index (χ0n) is 9.43. The van der Waals surface area contributed by atoms with Crippen LogP contribution in [0.1, 0.15) is 11.8 Å². The lowest BCUT2D eigenvalue weighted by Gasteiger charge is -2.22. The SMILES string of the molecule is Cc1ccc(N2CCNCC(C)S2(=O)=O)s1. The molecule has 16 heavy (non-hydrogen) atoms. The van der Waals surface area contributed by atoms with Gasteiger partial charge >= 0.3 is 0 Å². The molecule has 1 aromatic rings. The van der Waals surface area contributed by atoms with Crippen LogP contribution in [0.3, 0.4) is 0 Å². The van der Waals surface area contributed by atoms with E-state index in [0.717, 1.165) is 9.88 Å². The summed E-state index contributed by atoms with van der Waals surface area (Å²) in [6.45, 7) is 5.50. The summed E-state index contributed by atoms with van der Waals surface area (Å²) in [6, 6.07) is 3.84. The lowest BCUT2D eigenvalue weighted by Crippen LogP contribution is -2.37. The van der Waals surface area contributed by atoms with Crippen molar-refractivity contribution in [2.75, 3.05) is 23.9 Å². The molecule has 0 aromatic carbocycles. The summed E-state index contributed by atoms with van der Waals surface area (Å²) < 4.78 is 26.0. The summed E-state index contributed by atoms with van der Waals surface area (Å²) in [5, 5.41) is 3.61. The first kappa shape index (κ1) is 11.9. The third-order valence-electron chi connectivity index (χ3n) is 2.71. The lowest BCUT2D eigenvalue weighted by atomic mass is 10.4. The summed E-state index contributed by atoms with van der Waals surface area (Å²) in [7, 11) is -3.20. The molecule has 1 atom stereocenters. The van der Waals surface area contributed by atoms with Gasteiger partial charge in [0, 0.05) is 24.5 Å². The molecule has 0 spiro atoms. The first-order valence-corrected chi connectivity index (χ1v) is 7.62. The maximum atomic E-state index is 12.2. The zero-order chi connectivity index (χ0) is 11.8. The second-order valence-corrected chi connectivity index (χ2v) is 7.56.